The molecule has 0 spiro atoms. The van der Waals surface area contributed by atoms with Crippen molar-refractivity contribution in [2.24, 2.45) is 0 Å². The normalized spacial score (nSPS) is 17.3. The van der Waals surface area contributed by atoms with Crippen molar-refractivity contribution in [1.29, 1.82) is 0 Å². The maximum absolute atomic E-state index is 12.5. The van der Waals surface area contributed by atoms with Gasteiger partial charge in [-0.2, -0.15) is 13.2 Å². The smallest absolute Gasteiger partial charge is 0.388 e. The van der Waals surface area contributed by atoms with Crippen molar-refractivity contribution < 1.29 is 23.1 Å². The van der Waals surface area contributed by atoms with Crippen molar-refractivity contribution in [3.8, 4) is 0 Å². The van der Waals surface area contributed by atoms with Crippen LogP contribution in [0.1, 0.15) is 31.2 Å². The first-order valence-corrected chi connectivity index (χ1v) is 7.19. The highest BCUT2D eigenvalue weighted by Gasteiger charge is 2.32. The van der Waals surface area contributed by atoms with E-state index in [9.17, 15) is 23.1 Å². The van der Waals surface area contributed by atoms with Gasteiger partial charge in [0.2, 0.25) is 0 Å². The lowest BCUT2D eigenvalue weighted by molar-refractivity contribution is -0.127. The minimum absolute atomic E-state index is 0.00438. The highest BCUT2D eigenvalue weighted by molar-refractivity contribution is 5.90. The first-order chi connectivity index (χ1) is 10.3. The summed E-state index contributed by atoms with van der Waals surface area (Å²) >= 11 is 0. The van der Waals surface area contributed by atoms with E-state index in [0.717, 1.165) is 12.8 Å². The molecule has 0 radical (unpaired) electrons. The SMILES string of the molecule is O=C(NCC1(O)CCCC1)Nc1ccccc1CC(F)(F)F. The van der Waals surface area contributed by atoms with Crippen LogP contribution >= 0.6 is 0 Å². The van der Waals surface area contributed by atoms with Gasteiger partial charge < -0.3 is 15.7 Å². The van der Waals surface area contributed by atoms with Crippen LogP contribution in [0.15, 0.2) is 24.3 Å². The molecule has 7 heteroatoms. The summed E-state index contributed by atoms with van der Waals surface area (Å²) in [7, 11) is 0. The number of benzene rings is 1. The Morgan fingerprint density at radius 1 is 1.23 bits per heavy atom. The zero-order chi connectivity index (χ0) is 16.2. The monoisotopic (exact) mass is 316 g/mol. The molecular weight excluding hydrogens is 297 g/mol. The molecule has 1 saturated carbocycles. The van der Waals surface area contributed by atoms with E-state index < -0.39 is 24.2 Å². The molecule has 1 aliphatic carbocycles. The summed E-state index contributed by atoms with van der Waals surface area (Å²) in [5.41, 5.74) is -0.775. The summed E-state index contributed by atoms with van der Waals surface area (Å²) in [5, 5.41) is 15.1. The molecule has 0 aromatic heterocycles. The Labute approximate surface area is 126 Å². The van der Waals surface area contributed by atoms with E-state index in [1.165, 1.54) is 18.2 Å². The summed E-state index contributed by atoms with van der Waals surface area (Å²) in [6, 6.07) is 5.18. The van der Waals surface area contributed by atoms with Crippen molar-refractivity contribution in [1.82, 2.24) is 5.32 Å². The zero-order valence-corrected chi connectivity index (χ0v) is 12.0. The Bertz CT molecular complexity index is 526. The van der Waals surface area contributed by atoms with E-state index in [1.54, 1.807) is 6.07 Å². The Morgan fingerprint density at radius 2 is 1.86 bits per heavy atom. The van der Waals surface area contributed by atoms with Gasteiger partial charge in [-0.15, -0.1) is 0 Å². The molecule has 0 unspecified atom stereocenters. The Hall–Kier alpha value is -1.76. The van der Waals surface area contributed by atoms with Gasteiger partial charge in [0, 0.05) is 12.2 Å². The van der Waals surface area contributed by atoms with Crippen LogP contribution in [-0.4, -0.2) is 29.5 Å². The van der Waals surface area contributed by atoms with Crippen molar-refractivity contribution in [2.45, 2.75) is 43.9 Å². The predicted octanol–water partition coefficient (Wildman–Crippen LogP) is 3.22. The van der Waals surface area contributed by atoms with Gasteiger partial charge >= 0.3 is 12.2 Å². The van der Waals surface area contributed by atoms with E-state index in [-0.39, 0.29) is 17.8 Å². The van der Waals surface area contributed by atoms with Gasteiger partial charge in [-0.05, 0) is 24.5 Å². The Kier molecular flexibility index (Phi) is 4.95. The quantitative estimate of drug-likeness (QED) is 0.799. The maximum atomic E-state index is 12.5. The van der Waals surface area contributed by atoms with Crippen molar-refractivity contribution in [3.63, 3.8) is 0 Å². The van der Waals surface area contributed by atoms with Crippen molar-refractivity contribution in [2.75, 3.05) is 11.9 Å². The summed E-state index contributed by atoms with van der Waals surface area (Å²) in [6.45, 7) is 0.0975. The Balaban J connectivity index is 1.94. The average molecular weight is 316 g/mol. The van der Waals surface area contributed by atoms with Crippen molar-refractivity contribution in [3.05, 3.63) is 29.8 Å². The van der Waals surface area contributed by atoms with Crippen LogP contribution in [-0.2, 0) is 6.42 Å². The number of aliphatic hydroxyl groups is 1. The van der Waals surface area contributed by atoms with Gasteiger partial charge in [-0.3, -0.25) is 0 Å². The molecule has 1 fully saturated rings. The Morgan fingerprint density at radius 3 is 2.50 bits per heavy atom. The molecule has 2 amide bonds. The number of alkyl halides is 3. The van der Waals surface area contributed by atoms with Gasteiger partial charge in [0.05, 0.1) is 12.0 Å². The molecule has 22 heavy (non-hydrogen) atoms. The largest absolute Gasteiger partial charge is 0.393 e. The number of hydrogen-bond acceptors (Lipinski definition) is 2. The number of urea groups is 1. The lowest BCUT2D eigenvalue weighted by Crippen LogP contribution is -2.42. The van der Waals surface area contributed by atoms with Crippen LogP contribution in [0.25, 0.3) is 0 Å². The number of anilines is 1. The first-order valence-electron chi connectivity index (χ1n) is 7.19. The predicted molar refractivity (Wildman–Crippen MR) is 76.6 cm³/mol. The number of para-hydroxylation sites is 1. The maximum Gasteiger partial charge on any atom is 0.393 e. The van der Waals surface area contributed by atoms with E-state index in [4.69, 9.17) is 0 Å². The average Bonchev–Trinajstić information content (AvgIpc) is 2.85. The second-order valence-electron chi connectivity index (χ2n) is 5.69. The second kappa shape index (κ2) is 6.56. The molecule has 2 rings (SSSR count). The van der Waals surface area contributed by atoms with E-state index in [1.807, 2.05) is 0 Å². The lowest BCUT2D eigenvalue weighted by Gasteiger charge is -2.22. The third-order valence-electron chi connectivity index (χ3n) is 3.77. The standard InChI is InChI=1S/C15H19F3N2O2/c16-15(17,18)9-11-5-1-2-6-12(11)20-13(21)19-10-14(22)7-3-4-8-14/h1-2,5-6,22H,3-4,7-10H2,(H2,19,20,21). The molecule has 122 valence electrons. The molecule has 0 aliphatic heterocycles. The fraction of sp³-hybridized carbons (Fsp3) is 0.533. The number of halogens is 3. The van der Waals surface area contributed by atoms with Crippen LogP contribution in [0, 0.1) is 0 Å². The fourth-order valence-corrected chi connectivity index (χ4v) is 2.63. The van der Waals surface area contributed by atoms with Crippen LogP contribution < -0.4 is 10.6 Å². The summed E-state index contributed by atoms with van der Waals surface area (Å²) in [5.74, 6) is 0. The molecule has 1 aromatic rings. The zero-order valence-electron chi connectivity index (χ0n) is 12.0. The minimum Gasteiger partial charge on any atom is -0.388 e. The van der Waals surface area contributed by atoms with E-state index in [2.05, 4.69) is 10.6 Å². The van der Waals surface area contributed by atoms with Crippen molar-refractivity contribution >= 4 is 11.7 Å². The molecule has 1 aliphatic rings. The molecule has 4 nitrogen and oxygen atoms in total. The fourth-order valence-electron chi connectivity index (χ4n) is 2.63. The number of rotatable bonds is 4. The van der Waals surface area contributed by atoms with Gasteiger partial charge in [-0.25, -0.2) is 4.79 Å². The number of carbonyl (C=O) groups excluding carboxylic acids is 1. The van der Waals surface area contributed by atoms with E-state index >= 15 is 0 Å². The van der Waals surface area contributed by atoms with Crippen LogP contribution in [0.3, 0.4) is 0 Å². The molecule has 1 aromatic carbocycles. The third-order valence-corrected chi connectivity index (χ3v) is 3.77. The first kappa shape index (κ1) is 16.6. The molecule has 0 heterocycles. The van der Waals surface area contributed by atoms with Gasteiger partial charge in [-0.1, -0.05) is 31.0 Å². The van der Waals surface area contributed by atoms with Crippen LogP contribution in [0.4, 0.5) is 23.7 Å². The van der Waals surface area contributed by atoms with Crippen LogP contribution in [0.5, 0.6) is 0 Å². The number of amides is 2. The van der Waals surface area contributed by atoms with Gasteiger partial charge in [0.25, 0.3) is 0 Å². The number of hydrogen-bond donors (Lipinski definition) is 3. The molecule has 3 N–H and O–H groups in total. The summed E-state index contributed by atoms with van der Waals surface area (Å²) < 4.78 is 37.5. The van der Waals surface area contributed by atoms with E-state index in [0.29, 0.717) is 12.8 Å². The third kappa shape index (κ3) is 4.91. The number of nitrogens with one attached hydrogen (secondary N) is 2. The van der Waals surface area contributed by atoms with Crippen LogP contribution in [0.2, 0.25) is 0 Å². The number of carbonyl (C=O) groups is 1. The molecular formula is C15H19F3N2O2. The minimum atomic E-state index is -4.34. The summed E-state index contributed by atoms with van der Waals surface area (Å²) in [6.07, 6.45) is -2.38. The molecule has 0 bridgehead atoms. The lowest BCUT2D eigenvalue weighted by atomic mass is 10.0. The summed E-state index contributed by atoms with van der Waals surface area (Å²) in [4.78, 5) is 11.8. The molecule has 0 atom stereocenters. The van der Waals surface area contributed by atoms with Gasteiger partial charge in [0.1, 0.15) is 0 Å². The highest BCUT2D eigenvalue weighted by Crippen LogP contribution is 2.29. The van der Waals surface area contributed by atoms with Gasteiger partial charge in [0.15, 0.2) is 0 Å². The molecule has 0 saturated heterocycles. The highest BCUT2D eigenvalue weighted by atomic mass is 19.4. The topological polar surface area (TPSA) is 61.4 Å². The second-order valence-corrected chi connectivity index (χ2v) is 5.69.